The van der Waals surface area contributed by atoms with Crippen LogP contribution in [0.4, 0.5) is 0 Å². The van der Waals surface area contributed by atoms with Crippen LogP contribution in [0.25, 0.3) is 0 Å². The largest absolute Gasteiger partial charge is 0.494 e. The zero-order valence-corrected chi connectivity index (χ0v) is 8.50. The number of ether oxygens (including phenoxy) is 3. The average molecular weight is 231 g/mol. The van der Waals surface area contributed by atoms with Crippen LogP contribution in [0.2, 0.25) is 5.02 Å². The van der Waals surface area contributed by atoms with E-state index in [1.165, 1.54) is 13.2 Å². The molecular weight excluding hydrogens is 224 g/mol. The van der Waals surface area contributed by atoms with Crippen molar-refractivity contribution >= 4 is 17.6 Å². The summed E-state index contributed by atoms with van der Waals surface area (Å²) in [7, 11) is 1.34. The molecule has 5 nitrogen and oxygen atoms in total. The van der Waals surface area contributed by atoms with E-state index in [4.69, 9.17) is 30.9 Å². The minimum Gasteiger partial charge on any atom is -0.494 e. The number of benzene rings is 1. The first-order valence-corrected chi connectivity index (χ1v) is 4.42. The van der Waals surface area contributed by atoms with Gasteiger partial charge in [0.2, 0.25) is 6.79 Å². The molecule has 15 heavy (non-hydrogen) atoms. The maximum Gasteiger partial charge on any atom is 0.343 e. The summed E-state index contributed by atoms with van der Waals surface area (Å²) in [6, 6.07) is 1.47. The quantitative estimate of drug-likeness (QED) is 0.839. The molecule has 0 saturated carbocycles. The SMILES string of the molecule is COc1c(Cl)cc2c(c1C(=O)O)OCO2. The average Bonchev–Trinajstić information content (AvgIpc) is 2.62. The van der Waals surface area contributed by atoms with Crippen LogP contribution < -0.4 is 14.2 Å². The normalized spacial score (nSPS) is 12.7. The Hall–Kier alpha value is -1.62. The van der Waals surface area contributed by atoms with Crippen LogP contribution in [-0.2, 0) is 0 Å². The van der Waals surface area contributed by atoms with Crippen LogP contribution in [0.15, 0.2) is 6.07 Å². The third kappa shape index (κ3) is 1.45. The van der Waals surface area contributed by atoms with E-state index in [1.807, 2.05) is 0 Å². The Labute approximate surface area is 90.1 Å². The van der Waals surface area contributed by atoms with Gasteiger partial charge in [0.1, 0.15) is 5.56 Å². The molecule has 0 amide bonds. The Kier molecular flexibility index (Phi) is 2.32. The van der Waals surface area contributed by atoms with Gasteiger partial charge in [-0.3, -0.25) is 0 Å². The predicted octanol–water partition coefficient (Wildman–Crippen LogP) is 1.78. The molecule has 1 aromatic carbocycles. The molecule has 0 bridgehead atoms. The van der Waals surface area contributed by atoms with Gasteiger partial charge in [-0.25, -0.2) is 4.79 Å². The highest BCUT2D eigenvalue weighted by Crippen LogP contribution is 2.45. The van der Waals surface area contributed by atoms with Crippen molar-refractivity contribution < 1.29 is 24.1 Å². The van der Waals surface area contributed by atoms with Gasteiger partial charge in [-0.05, 0) is 0 Å². The first-order valence-electron chi connectivity index (χ1n) is 4.04. The fraction of sp³-hybridized carbons (Fsp3) is 0.222. The zero-order chi connectivity index (χ0) is 11.0. The highest BCUT2D eigenvalue weighted by atomic mass is 35.5. The maximum absolute atomic E-state index is 11.0. The predicted molar refractivity (Wildman–Crippen MR) is 51.1 cm³/mol. The molecule has 0 aromatic heterocycles. The fourth-order valence-electron chi connectivity index (χ4n) is 1.39. The van der Waals surface area contributed by atoms with Gasteiger partial charge in [-0.15, -0.1) is 0 Å². The standard InChI is InChI=1S/C9H7ClO5/c1-13-7-4(10)2-5-8(15-3-14-5)6(7)9(11)12/h2H,3H2,1H3,(H,11,12). The van der Waals surface area contributed by atoms with E-state index in [0.29, 0.717) is 5.75 Å². The number of fused-ring (bicyclic) bond motifs is 1. The molecule has 6 heteroatoms. The smallest absolute Gasteiger partial charge is 0.343 e. The summed E-state index contributed by atoms with van der Waals surface area (Å²) in [6.45, 7) is -0.0148. The lowest BCUT2D eigenvalue weighted by Gasteiger charge is -2.09. The number of carboxylic acid groups (broad SMARTS) is 1. The van der Waals surface area contributed by atoms with Crippen LogP contribution in [0.1, 0.15) is 10.4 Å². The highest BCUT2D eigenvalue weighted by Gasteiger charge is 2.28. The van der Waals surface area contributed by atoms with Gasteiger partial charge in [0.05, 0.1) is 12.1 Å². The first-order chi connectivity index (χ1) is 7.15. The van der Waals surface area contributed by atoms with E-state index in [1.54, 1.807) is 0 Å². The third-order valence-corrected chi connectivity index (χ3v) is 2.27. The zero-order valence-electron chi connectivity index (χ0n) is 7.74. The fourth-order valence-corrected chi connectivity index (χ4v) is 1.66. The number of carbonyl (C=O) groups is 1. The summed E-state index contributed by atoms with van der Waals surface area (Å²) in [6.07, 6.45) is 0. The molecule has 1 aliphatic heterocycles. The summed E-state index contributed by atoms with van der Waals surface area (Å²) in [5.74, 6) is -0.619. The lowest BCUT2D eigenvalue weighted by atomic mass is 10.1. The van der Waals surface area contributed by atoms with Crippen LogP contribution in [0.5, 0.6) is 17.2 Å². The van der Waals surface area contributed by atoms with Crippen LogP contribution >= 0.6 is 11.6 Å². The number of hydrogen-bond donors (Lipinski definition) is 1. The molecular formula is C9H7ClO5. The minimum absolute atomic E-state index is 0.0148. The molecule has 0 unspecified atom stereocenters. The number of hydrogen-bond acceptors (Lipinski definition) is 4. The molecule has 2 rings (SSSR count). The first kappa shape index (κ1) is 9.92. The Morgan fingerprint density at radius 1 is 1.60 bits per heavy atom. The van der Waals surface area contributed by atoms with E-state index in [0.717, 1.165) is 0 Å². The van der Waals surface area contributed by atoms with Gasteiger partial charge in [-0.2, -0.15) is 0 Å². The molecule has 0 fully saturated rings. The van der Waals surface area contributed by atoms with Crippen molar-refractivity contribution in [3.8, 4) is 17.2 Å². The minimum atomic E-state index is -1.17. The molecule has 1 aromatic rings. The molecule has 0 aliphatic carbocycles. The molecule has 1 heterocycles. The Balaban J connectivity index is 2.71. The van der Waals surface area contributed by atoms with E-state index in [9.17, 15) is 4.79 Å². The van der Waals surface area contributed by atoms with Gasteiger partial charge in [0.15, 0.2) is 17.2 Å². The van der Waals surface area contributed by atoms with E-state index >= 15 is 0 Å². The summed E-state index contributed by atoms with van der Waals surface area (Å²) in [5, 5.41) is 9.19. The van der Waals surface area contributed by atoms with Crippen molar-refractivity contribution in [1.29, 1.82) is 0 Å². The van der Waals surface area contributed by atoms with Crippen molar-refractivity contribution in [2.24, 2.45) is 0 Å². The third-order valence-electron chi connectivity index (χ3n) is 1.99. The Morgan fingerprint density at radius 3 is 2.93 bits per heavy atom. The van der Waals surface area contributed by atoms with Gasteiger partial charge >= 0.3 is 5.97 Å². The number of carboxylic acids is 1. The molecule has 80 valence electrons. The van der Waals surface area contributed by atoms with E-state index in [2.05, 4.69) is 0 Å². The monoisotopic (exact) mass is 230 g/mol. The van der Waals surface area contributed by atoms with Crippen molar-refractivity contribution in [3.05, 3.63) is 16.7 Å². The Bertz CT molecular complexity index is 425. The molecule has 0 radical (unpaired) electrons. The highest BCUT2D eigenvalue weighted by molar-refractivity contribution is 6.33. The van der Waals surface area contributed by atoms with Crippen molar-refractivity contribution in [1.82, 2.24) is 0 Å². The van der Waals surface area contributed by atoms with Gasteiger partial charge in [-0.1, -0.05) is 11.6 Å². The van der Waals surface area contributed by atoms with Crippen LogP contribution in [0.3, 0.4) is 0 Å². The molecule has 0 atom stereocenters. The summed E-state index contributed by atoms with van der Waals surface area (Å²) >= 11 is 5.83. The van der Waals surface area contributed by atoms with Crippen molar-refractivity contribution in [2.45, 2.75) is 0 Å². The number of methoxy groups -OCH3 is 1. The summed E-state index contributed by atoms with van der Waals surface area (Å²) in [5.41, 5.74) is -0.113. The van der Waals surface area contributed by atoms with Crippen molar-refractivity contribution in [3.63, 3.8) is 0 Å². The van der Waals surface area contributed by atoms with E-state index < -0.39 is 5.97 Å². The summed E-state index contributed by atoms with van der Waals surface area (Å²) < 4.78 is 15.0. The molecule has 0 saturated heterocycles. The topological polar surface area (TPSA) is 65.0 Å². The molecule has 1 N–H and O–H groups in total. The summed E-state index contributed by atoms with van der Waals surface area (Å²) in [4.78, 5) is 11.0. The van der Waals surface area contributed by atoms with Gasteiger partial charge in [0, 0.05) is 6.07 Å². The number of aromatic carboxylic acids is 1. The van der Waals surface area contributed by atoms with E-state index in [-0.39, 0.29) is 28.9 Å². The second-order valence-corrected chi connectivity index (χ2v) is 3.21. The number of rotatable bonds is 2. The molecule has 0 spiro atoms. The van der Waals surface area contributed by atoms with Crippen LogP contribution in [-0.4, -0.2) is 25.0 Å². The van der Waals surface area contributed by atoms with Gasteiger partial charge < -0.3 is 19.3 Å². The number of halogens is 1. The lowest BCUT2D eigenvalue weighted by molar-refractivity contribution is 0.0688. The van der Waals surface area contributed by atoms with Gasteiger partial charge in [0.25, 0.3) is 0 Å². The lowest BCUT2D eigenvalue weighted by Crippen LogP contribution is -2.03. The second kappa shape index (κ2) is 3.51. The molecule has 1 aliphatic rings. The van der Waals surface area contributed by atoms with Crippen molar-refractivity contribution in [2.75, 3.05) is 13.9 Å². The van der Waals surface area contributed by atoms with Crippen LogP contribution in [0, 0.1) is 0 Å². The maximum atomic E-state index is 11.0. The Morgan fingerprint density at radius 2 is 2.33 bits per heavy atom. The second-order valence-electron chi connectivity index (χ2n) is 2.81.